The van der Waals surface area contributed by atoms with Gasteiger partial charge in [0, 0.05) is 14.0 Å². The molecule has 0 spiro atoms. The zero-order valence-electron chi connectivity index (χ0n) is 15.4. The summed E-state index contributed by atoms with van der Waals surface area (Å²) in [6.45, 7) is 8.88. The number of hydrogen-bond acceptors (Lipinski definition) is 1. The van der Waals surface area contributed by atoms with Gasteiger partial charge in [-0.15, -0.1) is 0 Å². The second-order valence-electron chi connectivity index (χ2n) is 7.40. The SMILES string of the molecule is CCCCCCCCCCCCCCC(C)C(C)(C)N.[B]. The highest BCUT2D eigenvalue weighted by Crippen LogP contribution is 2.20. The van der Waals surface area contributed by atoms with Gasteiger partial charge in [-0.3, -0.25) is 0 Å². The van der Waals surface area contributed by atoms with Gasteiger partial charge in [0.2, 0.25) is 0 Å². The molecule has 125 valence electrons. The Kier molecular flexibility index (Phi) is 16.6. The summed E-state index contributed by atoms with van der Waals surface area (Å²) in [7, 11) is 0. The molecule has 0 aromatic carbocycles. The summed E-state index contributed by atoms with van der Waals surface area (Å²) in [4.78, 5) is 0. The molecule has 2 N–H and O–H groups in total. The zero-order valence-corrected chi connectivity index (χ0v) is 15.4. The van der Waals surface area contributed by atoms with E-state index >= 15 is 0 Å². The summed E-state index contributed by atoms with van der Waals surface area (Å²) < 4.78 is 0. The van der Waals surface area contributed by atoms with Crippen LogP contribution in [0.2, 0.25) is 0 Å². The van der Waals surface area contributed by atoms with Gasteiger partial charge in [0.1, 0.15) is 0 Å². The molecule has 0 bridgehead atoms. The van der Waals surface area contributed by atoms with E-state index in [2.05, 4.69) is 27.7 Å². The van der Waals surface area contributed by atoms with E-state index in [9.17, 15) is 0 Å². The topological polar surface area (TPSA) is 26.0 Å². The Balaban J connectivity index is 0. The minimum Gasteiger partial charge on any atom is -0.325 e. The highest BCUT2D eigenvalue weighted by atomic mass is 14.7. The number of nitrogens with two attached hydrogens (primary N) is 1. The maximum Gasteiger partial charge on any atom is 0.0123 e. The molecule has 0 fully saturated rings. The van der Waals surface area contributed by atoms with Gasteiger partial charge in [-0.25, -0.2) is 0 Å². The van der Waals surface area contributed by atoms with E-state index in [1.807, 2.05) is 0 Å². The number of hydrogen-bond donors (Lipinski definition) is 1. The van der Waals surface area contributed by atoms with Crippen LogP contribution in [0.3, 0.4) is 0 Å². The zero-order chi connectivity index (χ0) is 15.3. The molecule has 0 aliphatic rings. The third kappa shape index (κ3) is 16.2. The molecule has 0 amide bonds. The van der Waals surface area contributed by atoms with Crippen LogP contribution in [-0.2, 0) is 0 Å². The highest BCUT2D eigenvalue weighted by molar-refractivity contribution is 5.75. The fourth-order valence-electron chi connectivity index (χ4n) is 2.66. The maximum atomic E-state index is 6.12. The predicted molar refractivity (Wildman–Crippen MR) is 98.9 cm³/mol. The smallest absolute Gasteiger partial charge is 0.0123 e. The third-order valence-electron chi connectivity index (χ3n) is 4.76. The molecule has 21 heavy (non-hydrogen) atoms. The van der Waals surface area contributed by atoms with Crippen LogP contribution in [-0.4, -0.2) is 14.0 Å². The molecule has 0 saturated heterocycles. The van der Waals surface area contributed by atoms with E-state index in [4.69, 9.17) is 5.73 Å². The summed E-state index contributed by atoms with van der Waals surface area (Å²) in [5.41, 5.74) is 6.12. The fourth-order valence-corrected chi connectivity index (χ4v) is 2.66. The van der Waals surface area contributed by atoms with Crippen LogP contribution >= 0.6 is 0 Å². The van der Waals surface area contributed by atoms with Crippen LogP contribution in [0, 0.1) is 5.92 Å². The quantitative estimate of drug-likeness (QED) is 0.305. The lowest BCUT2D eigenvalue weighted by atomic mass is 9.86. The van der Waals surface area contributed by atoms with Gasteiger partial charge in [-0.05, 0) is 26.2 Å². The van der Waals surface area contributed by atoms with Gasteiger partial charge in [-0.2, -0.15) is 0 Å². The summed E-state index contributed by atoms with van der Waals surface area (Å²) in [5.74, 6) is 0.644. The summed E-state index contributed by atoms with van der Waals surface area (Å²) in [5, 5.41) is 0. The average molecular weight is 294 g/mol. The van der Waals surface area contributed by atoms with Gasteiger partial charge >= 0.3 is 0 Å². The Morgan fingerprint density at radius 3 is 1.38 bits per heavy atom. The molecule has 0 saturated carbocycles. The van der Waals surface area contributed by atoms with E-state index in [1.54, 1.807) is 0 Å². The number of unbranched alkanes of at least 4 members (excludes halogenated alkanes) is 11. The van der Waals surface area contributed by atoms with Gasteiger partial charge < -0.3 is 5.73 Å². The van der Waals surface area contributed by atoms with Crippen LogP contribution in [0.15, 0.2) is 0 Å². The van der Waals surface area contributed by atoms with Crippen LogP contribution in [0.1, 0.15) is 111 Å². The van der Waals surface area contributed by atoms with E-state index in [0.29, 0.717) is 5.92 Å². The van der Waals surface area contributed by atoms with Gasteiger partial charge in [-0.1, -0.05) is 90.9 Å². The lowest BCUT2D eigenvalue weighted by Crippen LogP contribution is -2.39. The normalized spacial score (nSPS) is 13.0. The van der Waals surface area contributed by atoms with Gasteiger partial charge in [0.05, 0.1) is 0 Å². The minimum atomic E-state index is -0.00221. The third-order valence-corrected chi connectivity index (χ3v) is 4.76. The second kappa shape index (κ2) is 14.9. The van der Waals surface area contributed by atoms with Crippen LogP contribution < -0.4 is 5.73 Å². The first-order chi connectivity index (χ1) is 9.48. The van der Waals surface area contributed by atoms with Crippen molar-refractivity contribution < 1.29 is 0 Å². The Labute approximate surface area is 137 Å². The summed E-state index contributed by atoms with van der Waals surface area (Å²) in [6.07, 6.45) is 18.4. The van der Waals surface area contributed by atoms with Crippen molar-refractivity contribution in [2.75, 3.05) is 0 Å². The van der Waals surface area contributed by atoms with Crippen molar-refractivity contribution in [2.24, 2.45) is 11.7 Å². The molecule has 1 atom stereocenters. The Morgan fingerprint density at radius 2 is 1.05 bits per heavy atom. The van der Waals surface area contributed by atoms with Crippen LogP contribution in [0.4, 0.5) is 0 Å². The number of rotatable bonds is 14. The molecule has 0 heterocycles. The van der Waals surface area contributed by atoms with Crippen molar-refractivity contribution >= 4 is 8.41 Å². The van der Waals surface area contributed by atoms with E-state index < -0.39 is 0 Å². The molecule has 1 unspecified atom stereocenters. The minimum absolute atomic E-state index is 0. The van der Waals surface area contributed by atoms with Gasteiger partial charge in [0.25, 0.3) is 0 Å². The summed E-state index contributed by atoms with van der Waals surface area (Å²) >= 11 is 0. The molecule has 3 radical (unpaired) electrons. The van der Waals surface area contributed by atoms with E-state index in [0.717, 1.165) is 0 Å². The van der Waals surface area contributed by atoms with Crippen LogP contribution in [0.5, 0.6) is 0 Å². The first-order valence-electron chi connectivity index (χ1n) is 9.27. The van der Waals surface area contributed by atoms with E-state index in [1.165, 1.54) is 83.5 Å². The van der Waals surface area contributed by atoms with Crippen molar-refractivity contribution in [3.05, 3.63) is 0 Å². The molecule has 0 rings (SSSR count). The largest absolute Gasteiger partial charge is 0.325 e. The Hall–Kier alpha value is 0.0249. The predicted octanol–water partition coefficient (Wildman–Crippen LogP) is 6.07. The van der Waals surface area contributed by atoms with E-state index in [-0.39, 0.29) is 14.0 Å². The molecule has 1 nitrogen and oxygen atoms in total. The molecular formula is C19H41BN. The monoisotopic (exact) mass is 294 g/mol. The van der Waals surface area contributed by atoms with Crippen molar-refractivity contribution in [1.82, 2.24) is 0 Å². The fraction of sp³-hybridized carbons (Fsp3) is 1.00. The highest BCUT2D eigenvalue weighted by Gasteiger charge is 2.19. The first-order valence-corrected chi connectivity index (χ1v) is 9.27. The molecule has 0 aliphatic heterocycles. The van der Waals surface area contributed by atoms with Crippen molar-refractivity contribution in [3.8, 4) is 0 Å². The molecule has 2 heteroatoms. The molecule has 0 aromatic rings. The first kappa shape index (κ1) is 23.3. The molecular weight excluding hydrogens is 253 g/mol. The van der Waals surface area contributed by atoms with Crippen molar-refractivity contribution in [3.63, 3.8) is 0 Å². The van der Waals surface area contributed by atoms with Crippen LogP contribution in [0.25, 0.3) is 0 Å². The molecule has 0 aliphatic carbocycles. The lowest BCUT2D eigenvalue weighted by molar-refractivity contribution is 0.316. The maximum absolute atomic E-state index is 6.12. The Morgan fingerprint density at radius 1 is 0.714 bits per heavy atom. The van der Waals surface area contributed by atoms with Crippen molar-refractivity contribution in [2.45, 2.75) is 117 Å². The van der Waals surface area contributed by atoms with Crippen molar-refractivity contribution in [1.29, 1.82) is 0 Å². The molecule has 0 aromatic heterocycles. The second-order valence-corrected chi connectivity index (χ2v) is 7.40. The average Bonchev–Trinajstić information content (AvgIpc) is 2.38. The lowest BCUT2D eigenvalue weighted by Gasteiger charge is -2.27. The van der Waals surface area contributed by atoms with Gasteiger partial charge in [0.15, 0.2) is 0 Å². The summed E-state index contributed by atoms with van der Waals surface area (Å²) in [6, 6.07) is 0. The standard InChI is InChI=1S/C19H41N.B/c1-5-6-7-8-9-10-11-12-13-14-15-16-17-18(2)19(3,4)20;/h18H,5-17,20H2,1-4H3;. The Bertz CT molecular complexity index is 198.